The van der Waals surface area contributed by atoms with Gasteiger partial charge < -0.3 is 5.32 Å². The largest absolute Gasteiger partial charge is 0.356 e. The maximum atomic E-state index is 9.42. The third kappa shape index (κ3) is 2.35. The Bertz CT molecular complexity index is 669. The zero-order valence-electron chi connectivity index (χ0n) is 10.3. The van der Waals surface area contributed by atoms with Crippen molar-refractivity contribution in [3.63, 3.8) is 0 Å². The minimum atomic E-state index is 0.725. The third-order valence-electron chi connectivity index (χ3n) is 3.02. The summed E-state index contributed by atoms with van der Waals surface area (Å²) in [5, 5.41) is 12.8. The number of allylic oxidation sites excluding steroid dienone is 1. The molecule has 0 saturated carbocycles. The van der Waals surface area contributed by atoms with Gasteiger partial charge in [-0.1, -0.05) is 42.5 Å². The number of nitrogens with one attached hydrogen (secondary N) is 1. The van der Waals surface area contributed by atoms with Crippen LogP contribution in [0, 0.1) is 11.3 Å². The SMILES string of the molecule is N#CC(=C1CSc2ccccc2N1)c1ccccc1. The first-order chi connectivity index (χ1) is 9.38. The zero-order chi connectivity index (χ0) is 13.1. The molecule has 0 spiro atoms. The third-order valence-corrected chi connectivity index (χ3v) is 4.12. The Hall–Kier alpha value is -2.18. The molecule has 1 aliphatic heterocycles. The molecule has 3 rings (SSSR count). The van der Waals surface area contributed by atoms with Crippen LogP contribution < -0.4 is 5.32 Å². The van der Waals surface area contributed by atoms with Gasteiger partial charge in [0, 0.05) is 16.3 Å². The Morgan fingerprint density at radius 3 is 2.58 bits per heavy atom. The zero-order valence-corrected chi connectivity index (χ0v) is 11.1. The van der Waals surface area contributed by atoms with Crippen LogP contribution in [0.1, 0.15) is 5.56 Å². The molecule has 2 aromatic carbocycles. The van der Waals surface area contributed by atoms with Crippen molar-refractivity contribution in [1.29, 1.82) is 5.26 Å². The van der Waals surface area contributed by atoms with Gasteiger partial charge in [-0.3, -0.25) is 0 Å². The number of rotatable bonds is 1. The van der Waals surface area contributed by atoms with Crippen LogP contribution >= 0.6 is 11.8 Å². The van der Waals surface area contributed by atoms with E-state index in [4.69, 9.17) is 0 Å². The van der Waals surface area contributed by atoms with Crippen LogP contribution in [0.5, 0.6) is 0 Å². The van der Waals surface area contributed by atoms with Crippen LogP contribution in [0.4, 0.5) is 5.69 Å². The fourth-order valence-corrected chi connectivity index (χ4v) is 3.06. The van der Waals surface area contributed by atoms with Crippen LogP contribution in [0.25, 0.3) is 5.57 Å². The molecule has 0 aliphatic carbocycles. The standard InChI is InChI=1S/C16H12N2S/c17-10-13(12-6-2-1-3-7-12)15-11-19-16-9-5-4-8-14(16)18-15/h1-9,18H,11H2. The van der Waals surface area contributed by atoms with Crippen LogP contribution in [0.15, 0.2) is 65.2 Å². The number of hydrogen-bond acceptors (Lipinski definition) is 3. The number of benzene rings is 2. The lowest BCUT2D eigenvalue weighted by Crippen LogP contribution is -2.10. The lowest BCUT2D eigenvalue weighted by molar-refractivity contribution is 1.29. The summed E-state index contributed by atoms with van der Waals surface area (Å²) in [5.41, 5.74) is 3.75. The van der Waals surface area contributed by atoms with Gasteiger partial charge >= 0.3 is 0 Å². The fourth-order valence-electron chi connectivity index (χ4n) is 2.09. The molecule has 0 radical (unpaired) electrons. The summed E-state index contributed by atoms with van der Waals surface area (Å²) in [7, 11) is 0. The molecule has 2 nitrogen and oxygen atoms in total. The fraction of sp³-hybridized carbons (Fsp3) is 0.0625. The van der Waals surface area contributed by atoms with E-state index >= 15 is 0 Å². The minimum Gasteiger partial charge on any atom is -0.356 e. The maximum absolute atomic E-state index is 9.42. The number of hydrogen-bond donors (Lipinski definition) is 1. The van der Waals surface area contributed by atoms with Crippen LogP contribution in [-0.2, 0) is 0 Å². The monoisotopic (exact) mass is 264 g/mol. The van der Waals surface area contributed by atoms with Gasteiger partial charge in [0.1, 0.15) is 6.07 Å². The second-order valence-corrected chi connectivity index (χ2v) is 5.26. The van der Waals surface area contributed by atoms with E-state index in [1.165, 1.54) is 4.90 Å². The topological polar surface area (TPSA) is 35.8 Å². The Morgan fingerprint density at radius 1 is 1.05 bits per heavy atom. The molecule has 19 heavy (non-hydrogen) atoms. The van der Waals surface area contributed by atoms with Crippen molar-refractivity contribution in [3.05, 3.63) is 65.9 Å². The van der Waals surface area contributed by atoms with Gasteiger partial charge in [0.2, 0.25) is 0 Å². The molecule has 0 unspecified atom stereocenters. The van der Waals surface area contributed by atoms with Gasteiger partial charge in [0.25, 0.3) is 0 Å². The van der Waals surface area contributed by atoms with Crippen molar-refractivity contribution < 1.29 is 0 Å². The van der Waals surface area contributed by atoms with Gasteiger partial charge in [-0.05, 0) is 17.7 Å². The van der Waals surface area contributed by atoms with E-state index in [1.807, 2.05) is 48.5 Å². The summed E-state index contributed by atoms with van der Waals surface area (Å²) in [4.78, 5) is 1.23. The van der Waals surface area contributed by atoms with Gasteiger partial charge in [-0.25, -0.2) is 0 Å². The first kappa shape index (κ1) is 11.9. The average Bonchev–Trinajstić information content (AvgIpc) is 2.49. The number of thioether (sulfide) groups is 1. The number of nitrogens with zero attached hydrogens (tertiary/aromatic N) is 1. The Labute approximate surface area is 116 Å². The molecule has 0 amide bonds. The molecule has 1 aliphatic rings. The van der Waals surface area contributed by atoms with Crippen LogP contribution in [0.3, 0.4) is 0 Å². The Balaban J connectivity index is 2.02. The van der Waals surface area contributed by atoms with Crippen molar-refractivity contribution in [2.24, 2.45) is 0 Å². The normalized spacial score (nSPS) is 15.9. The number of anilines is 1. The van der Waals surface area contributed by atoms with Crippen molar-refractivity contribution in [3.8, 4) is 6.07 Å². The number of nitriles is 1. The van der Waals surface area contributed by atoms with Crippen molar-refractivity contribution >= 4 is 23.0 Å². The van der Waals surface area contributed by atoms with Gasteiger partial charge in [-0.15, -0.1) is 11.8 Å². The molecule has 0 bridgehead atoms. The van der Waals surface area contributed by atoms with Crippen LogP contribution in [-0.4, -0.2) is 5.75 Å². The summed E-state index contributed by atoms with van der Waals surface area (Å²) >= 11 is 1.76. The molecule has 0 saturated heterocycles. The maximum Gasteiger partial charge on any atom is 0.102 e. The first-order valence-electron chi connectivity index (χ1n) is 6.06. The molecule has 92 valence electrons. The summed E-state index contributed by atoms with van der Waals surface area (Å²) in [6.07, 6.45) is 0. The Kier molecular flexibility index (Phi) is 3.26. The smallest absolute Gasteiger partial charge is 0.102 e. The number of para-hydroxylation sites is 1. The molecular formula is C16H12N2S. The summed E-state index contributed by atoms with van der Waals surface area (Å²) in [6, 6.07) is 20.3. The molecule has 2 aromatic rings. The van der Waals surface area contributed by atoms with Crippen molar-refractivity contribution in [2.45, 2.75) is 4.90 Å². The second-order valence-electron chi connectivity index (χ2n) is 4.24. The van der Waals surface area contributed by atoms with Gasteiger partial charge in [0.05, 0.1) is 11.3 Å². The summed E-state index contributed by atoms with van der Waals surface area (Å²) < 4.78 is 0. The average molecular weight is 264 g/mol. The van der Waals surface area contributed by atoms with Crippen molar-refractivity contribution in [2.75, 3.05) is 11.1 Å². The molecule has 0 atom stereocenters. The van der Waals surface area contributed by atoms with E-state index in [9.17, 15) is 5.26 Å². The van der Waals surface area contributed by atoms with E-state index < -0.39 is 0 Å². The minimum absolute atomic E-state index is 0.725. The van der Waals surface area contributed by atoms with E-state index in [-0.39, 0.29) is 0 Å². The van der Waals surface area contributed by atoms with E-state index in [0.717, 1.165) is 28.3 Å². The highest BCUT2D eigenvalue weighted by molar-refractivity contribution is 7.99. The quantitative estimate of drug-likeness (QED) is 0.786. The molecule has 1 N–H and O–H groups in total. The molecule has 0 aromatic heterocycles. The van der Waals surface area contributed by atoms with E-state index in [1.54, 1.807) is 11.8 Å². The van der Waals surface area contributed by atoms with Crippen molar-refractivity contribution in [1.82, 2.24) is 0 Å². The summed E-state index contributed by atoms with van der Waals surface area (Å²) in [5.74, 6) is 0.800. The molecule has 0 fully saturated rings. The first-order valence-corrected chi connectivity index (χ1v) is 7.04. The van der Waals surface area contributed by atoms with Gasteiger partial charge in [-0.2, -0.15) is 5.26 Å². The highest BCUT2D eigenvalue weighted by Gasteiger charge is 2.16. The van der Waals surface area contributed by atoms with E-state index in [0.29, 0.717) is 0 Å². The lowest BCUT2D eigenvalue weighted by atomic mass is 10.1. The molecule has 3 heteroatoms. The summed E-state index contributed by atoms with van der Waals surface area (Å²) in [6.45, 7) is 0. The van der Waals surface area contributed by atoms with E-state index in [2.05, 4.69) is 17.5 Å². The molecule has 1 heterocycles. The highest BCUT2D eigenvalue weighted by Crippen LogP contribution is 2.36. The predicted molar refractivity (Wildman–Crippen MR) is 79.8 cm³/mol. The highest BCUT2D eigenvalue weighted by atomic mass is 32.2. The second kappa shape index (κ2) is 5.21. The Morgan fingerprint density at radius 2 is 1.79 bits per heavy atom. The van der Waals surface area contributed by atoms with Crippen LogP contribution in [0.2, 0.25) is 0 Å². The molecular weight excluding hydrogens is 252 g/mol. The lowest BCUT2D eigenvalue weighted by Gasteiger charge is -2.21. The predicted octanol–water partition coefficient (Wildman–Crippen LogP) is 4.14. The number of fused-ring (bicyclic) bond motifs is 1. The van der Waals surface area contributed by atoms with Gasteiger partial charge in [0.15, 0.2) is 0 Å².